The molecule has 4 aliphatic rings. The lowest BCUT2D eigenvalue weighted by molar-refractivity contribution is -0.0141. The third-order valence-corrected chi connectivity index (χ3v) is 13.3. The number of hydrogen-bond acceptors (Lipinski definition) is 8. The number of hydrogen-bond donors (Lipinski definition) is 0. The van der Waals surface area contributed by atoms with Crippen LogP contribution in [0, 0.1) is 17.8 Å². The summed E-state index contributed by atoms with van der Waals surface area (Å²) >= 11 is 6.46. The van der Waals surface area contributed by atoms with Gasteiger partial charge in [-0.2, -0.15) is 4.36 Å². The van der Waals surface area contributed by atoms with Gasteiger partial charge in [-0.05, 0) is 97.7 Å². The summed E-state index contributed by atoms with van der Waals surface area (Å²) in [6, 6.07) is 11.6. The van der Waals surface area contributed by atoms with Crippen LogP contribution in [0.3, 0.4) is 0 Å². The summed E-state index contributed by atoms with van der Waals surface area (Å²) in [7, 11) is 1.39. The SMILES string of the molecule is COc1nn(C)cc1C(=O)N=CS1(=O)=NC(=O)c2ccc3c(c2)N(C[C@@H]2CC[C@H]2[C@@H](OC)C/C=C\[C@H](C)C1)C[C@@]1(CCCc2cc(Cl)ccc21)CO3. The molecule has 1 unspecified atom stereocenters. The molecule has 2 bridgehead atoms. The number of ether oxygens (including phenoxy) is 3. The molecule has 2 aromatic carbocycles. The molecule has 0 saturated heterocycles. The molecule has 7 rings (SSSR count). The third-order valence-electron chi connectivity index (χ3n) is 11.1. The summed E-state index contributed by atoms with van der Waals surface area (Å²) in [5.41, 5.74) is 4.51. The van der Waals surface area contributed by atoms with E-state index in [0.29, 0.717) is 37.2 Å². The molecule has 1 aromatic heterocycles. The number of carbonyl (C=O) groups excluding carboxylic acids is 2. The fraction of sp³-hybridized carbons (Fsp3) is 0.487. The van der Waals surface area contributed by atoms with Gasteiger partial charge in [0.05, 0.1) is 35.2 Å². The van der Waals surface area contributed by atoms with Crippen molar-refractivity contribution < 1.29 is 28.0 Å². The predicted molar refractivity (Wildman–Crippen MR) is 203 cm³/mol. The smallest absolute Gasteiger partial charge is 0.285 e. The Morgan fingerprint density at radius 2 is 2.04 bits per heavy atom. The number of rotatable bonds is 4. The molecule has 1 fully saturated rings. The van der Waals surface area contributed by atoms with Crippen LogP contribution in [0.4, 0.5) is 5.69 Å². The van der Waals surface area contributed by atoms with E-state index in [0.717, 1.165) is 54.9 Å². The molecule has 6 atom stereocenters. The van der Waals surface area contributed by atoms with Crippen molar-refractivity contribution in [2.24, 2.45) is 34.2 Å². The topological polar surface area (TPSA) is 125 Å². The Balaban J connectivity index is 1.30. The van der Waals surface area contributed by atoms with Gasteiger partial charge in [-0.3, -0.25) is 14.3 Å². The van der Waals surface area contributed by atoms with Crippen LogP contribution in [0.5, 0.6) is 11.6 Å². The second-order valence-corrected chi connectivity index (χ2v) is 17.3. The zero-order valence-corrected chi connectivity index (χ0v) is 31.7. The lowest BCUT2D eigenvalue weighted by Crippen LogP contribution is -2.49. The number of carbonyl (C=O) groups is 2. The van der Waals surface area contributed by atoms with E-state index in [2.05, 4.69) is 37.6 Å². The Hall–Kier alpha value is -4.00. The lowest BCUT2D eigenvalue weighted by Gasteiger charge is -2.46. The Morgan fingerprint density at radius 1 is 1.19 bits per heavy atom. The van der Waals surface area contributed by atoms with E-state index in [1.807, 2.05) is 31.2 Å². The first-order valence-corrected chi connectivity index (χ1v) is 20.1. The minimum absolute atomic E-state index is 0.00792. The molecule has 13 heteroatoms. The summed E-state index contributed by atoms with van der Waals surface area (Å²) < 4.78 is 38.2. The van der Waals surface area contributed by atoms with Gasteiger partial charge in [0, 0.05) is 55.2 Å². The van der Waals surface area contributed by atoms with Crippen molar-refractivity contribution in [3.8, 4) is 11.6 Å². The van der Waals surface area contributed by atoms with Crippen LogP contribution < -0.4 is 14.4 Å². The number of amides is 2. The first kappa shape index (κ1) is 36.4. The van der Waals surface area contributed by atoms with Crippen LogP contribution >= 0.6 is 11.6 Å². The molecule has 0 N–H and O–H groups in total. The third kappa shape index (κ3) is 7.30. The van der Waals surface area contributed by atoms with Crippen molar-refractivity contribution in [3.63, 3.8) is 0 Å². The maximum Gasteiger partial charge on any atom is 0.285 e. The average Bonchev–Trinajstić information content (AvgIpc) is 3.43. The molecule has 52 heavy (non-hydrogen) atoms. The molecule has 3 heterocycles. The Bertz CT molecular complexity index is 2050. The van der Waals surface area contributed by atoms with Gasteiger partial charge in [0.25, 0.3) is 11.8 Å². The van der Waals surface area contributed by atoms with Crippen LogP contribution in [0.2, 0.25) is 5.02 Å². The Kier molecular flexibility index (Phi) is 10.3. The molecule has 3 aromatic rings. The summed E-state index contributed by atoms with van der Waals surface area (Å²) in [5.74, 6) is -0.0196. The largest absolute Gasteiger partial charge is 0.490 e. The second kappa shape index (κ2) is 14.8. The molecule has 2 aliphatic heterocycles. The van der Waals surface area contributed by atoms with E-state index in [9.17, 15) is 13.8 Å². The van der Waals surface area contributed by atoms with E-state index >= 15 is 0 Å². The van der Waals surface area contributed by atoms with Gasteiger partial charge in [-0.15, -0.1) is 5.10 Å². The number of allylic oxidation sites excluding steroid dienone is 1. The molecule has 276 valence electrons. The molecular formula is C39H46ClN5O6S. The van der Waals surface area contributed by atoms with Crippen LogP contribution in [0.25, 0.3) is 0 Å². The number of aromatic nitrogens is 2. The monoisotopic (exact) mass is 747 g/mol. The summed E-state index contributed by atoms with van der Waals surface area (Å²) in [6.07, 6.45) is 11.4. The zero-order chi connectivity index (χ0) is 36.6. The van der Waals surface area contributed by atoms with Gasteiger partial charge in [0.15, 0.2) is 0 Å². The maximum absolute atomic E-state index is 14.5. The molecule has 2 aliphatic carbocycles. The summed E-state index contributed by atoms with van der Waals surface area (Å²) in [4.78, 5) is 33.5. The van der Waals surface area contributed by atoms with Crippen LogP contribution in [-0.4, -0.2) is 77.1 Å². The standard InChI is InChI=1S/C39H46ClN5O6S/c1-25-7-5-9-34(49-3)30-13-10-28(30)19-45-22-39(16-6-8-26-17-29(40)12-14-32(26)39)23-51-35-15-11-27(18-33(35)45)36(46)43-52(48,21-25)24-41-37(47)31-20-44(2)42-38(31)50-4/h5,7,11-12,14-15,17-18,20,24-25,28,30,34H,6,8-10,13,16,19,21-23H2,1-4H3/b7-5-,41-24?/t25-,28-,30+,34-,39-,52?/m0/s1. The van der Waals surface area contributed by atoms with Gasteiger partial charge in [0.1, 0.15) is 16.9 Å². The second-order valence-electron chi connectivity index (χ2n) is 14.7. The van der Waals surface area contributed by atoms with Crippen molar-refractivity contribution in [3.05, 3.63) is 82.0 Å². The van der Waals surface area contributed by atoms with Gasteiger partial charge < -0.3 is 19.1 Å². The van der Waals surface area contributed by atoms with Crippen molar-refractivity contribution in [2.45, 2.75) is 57.0 Å². The number of aliphatic imine (C=N–C) groups is 1. The number of halogens is 1. The number of methoxy groups -OCH3 is 2. The van der Waals surface area contributed by atoms with E-state index in [1.54, 1.807) is 20.2 Å². The minimum atomic E-state index is -3.45. The number of anilines is 1. The summed E-state index contributed by atoms with van der Waals surface area (Å²) in [6.45, 7) is 3.91. The van der Waals surface area contributed by atoms with Gasteiger partial charge in [-0.1, -0.05) is 36.7 Å². The molecule has 0 radical (unpaired) electrons. The van der Waals surface area contributed by atoms with Crippen molar-refractivity contribution in [1.29, 1.82) is 0 Å². The summed E-state index contributed by atoms with van der Waals surface area (Å²) in [5, 5.41) is 4.85. The van der Waals surface area contributed by atoms with E-state index in [-0.39, 0.29) is 40.2 Å². The fourth-order valence-electron chi connectivity index (χ4n) is 8.43. The lowest BCUT2D eigenvalue weighted by atomic mass is 9.68. The Morgan fingerprint density at radius 3 is 2.81 bits per heavy atom. The van der Waals surface area contributed by atoms with Crippen molar-refractivity contribution in [2.75, 3.05) is 44.6 Å². The molecule has 11 nitrogen and oxygen atoms in total. The Labute approximate surface area is 310 Å². The number of nitrogens with zero attached hydrogens (tertiary/aromatic N) is 5. The molecule has 1 spiro atoms. The highest BCUT2D eigenvalue weighted by Gasteiger charge is 2.44. The van der Waals surface area contributed by atoms with Crippen LogP contribution in [-0.2, 0) is 33.3 Å². The number of fused-ring (bicyclic) bond motifs is 4. The van der Waals surface area contributed by atoms with E-state index < -0.39 is 21.5 Å². The fourth-order valence-corrected chi connectivity index (χ4v) is 10.3. The van der Waals surface area contributed by atoms with Gasteiger partial charge in [0.2, 0.25) is 5.88 Å². The van der Waals surface area contributed by atoms with Gasteiger partial charge in [-0.25, -0.2) is 9.20 Å². The van der Waals surface area contributed by atoms with Gasteiger partial charge >= 0.3 is 0 Å². The highest BCUT2D eigenvalue weighted by Crippen LogP contribution is 2.47. The molecule has 2 amide bonds. The minimum Gasteiger partial charge on any atom is -0.490 e. The predicted octanol–water partition coefficient (Wildman–Crippen LogP) is 6.67. The first-order valence-electron chi connectivity index (χ1n) is 17.9. The number of benzene rings is 2. The van der Waals surface area contributed by atoms with E-state index in [1.165, 1.54) is 29.1 Å². The van der Waals surface area contributed by atoms with Crippen LogP contribution in [0.1, 0.15) is 70.9 Å². The van der Waals surface area contributed by atoms with Crippen LogP contribution in [0.15, 0.2) is 64.1 Å². The highest BCUT2D eigenvalue weighted by molar-refractivity contribution is 8.06. The average molecular weight is 748 g/mol. The first-order chi connectivity index (χ1) is 25.0. The zero-order valence-electron chi connectivity index (χ0n) is 30.1. The number of aryl methyl sites for hydroxylation is 2. The molecular weight excluding hydrogens is 702 g/mol. The maximum atomic E-state index is 14.5. The van der Waals surface area contributed by atoms with E-state index in [4.69, 9.17) is 25.8 Å². The highest BCUT2D eigenvalue weighted by atomic mass is 35.5. The van der Waals surface area contributed by atoms with Crippen molar-refractivity contribution >= 4 is 44.4 Å². The quantitative estimate of drug-likeness (QED) is 0.165. The molecule has 1 saturated carbocycles. The normalized spacial score (nSPS) is 29.6. The van der Waals surface area contributed by atoms with Crippen molar-refractivity contribution in [1.82, 2.24) is 9.78 Å².